The van der Waals surface area contributed by atoms with E-state index in [1.165, 1.54) is 5.56 Å². The highest BCUT2D eigenvalue weighted by Crippen LogP contribution is 2.15. The zero-order valence-electron chi connectivity index (χ0n) is 11.3. The quantitative estimate of drug-likeness (QED) is 0.842. The van der Waals surface area contributed by atoms with Crippen LogP contribution in [0, 0.1) is 6.92 Å². The van der Waals surface area contributed by atoms with E-state index in [9.17, 15) is 4.79 Å². The number of amides is 1. The van der Waals surface area contributed by atoms with Crippen LogP contribution in [0.5, 0.6) is 0 Å². The van der Waals surface area contributed by atoms with Gasteiger partial charge in [0, 0.05) is 32.4 Å². The molecule has 0 radical (unpaired) electrons. The van der Waals surface area contributed by atoms with Gasteiger partial charge in [-0.1, -0.05) is 12.1 Å². The fraction of sp³-hybridized carbons (Fsp3) is 0.500. The lowest BCUT2D eigenvalue weighted by atomic mass is 10.1. The van der Waals surface area contributed by atoms with Gasteiger partial charge in [0.25, 0.3) is 0 Å². The molecule has 0 aliphatic carbocycles. The summed E-state index contributed by atoms with van der Waals surface area (Å²) in [6, 6.07) is 7.92. The summed E-state index contributed by atoms with van der Waals surface area (Å²) in [5, 5.41) is 3.28. The predicted molar refractivity (Wildman–Crippen MR) is 73.9 cm³/mol. The van der Waals surface area contributed by atoms with Gasteiger partial charge in [-0.3, -0.25) is 4.79 Å². The summed E-state index contributed by atoms with van der Waals surface area (Å²) in [6.45, 7) is 4.68. The van der Waals surface area contributed by atoms with E-state index in [2.05, 4.69) is 10.2 Å². The van der Waals surface area contributed by atoms with Crippen molar-refractivity contribution in [2.24, 2.45) is 0 Å². The van der Waals surface area contributed by atoms with Crippen molar-refractivity contribution in [1.29, 1.82) is 0 Å². The number of carbonyl (C=O) groups excluding carboxylic acids is 1. The van der Waals surface area contributed by atoms with E-state index < -0.39 is 0 Å². The molecule has 1 fully saturated rings. The van der Waals surface area contributed by atoms with Crippen molar-refractivity contribution < 1.29 is 4.79 Å². The molecule has 18 heavy (non-hydrogen) atoms. The number of likely N-dealkylation sites (N-methyl/N-ethyl adjacent to an activating group) is 2. The van der Waals surface area contributed by atoms with Crippen LogP contribution in [0.2, 0.25) is 0 Å². The minimum absolute atomic E-state index is 0.103. The SMILES string of the molecule is Cc1cccc(N(C)C(=O)C2CN(C)CCN2)c1. The summed E-state index contributed by atoms with van der Waals surface area (Å²) in [7, 11) is 3.89. The Morgan fingerprint density at radius 2 is 2.28 bits per heavy atom. The molecule has 1 aliphatic heterocycles. The Kier molecular flexibility index (Phi) is 3.99. The van der Waals surface area contributed by atoms with Crippen LogP contribution in [0.1, 0.15) is 5.56 Å². The summed E-state index contributed by atoms with van der Waals surface area (Å²) in [5.41, 5.74) is 2.12. The topological polar surface area (TPSA) is 35.6 Å². The highest BCUT2D eigenvalue weighted by atomic mass is 16.2. The number of carbonyl (C=O) groups is 1. The maximum Gasteiger partial charge on any atom is 0.245 e. The second kappa shape index (κ2) is 5.50. The fourth-order valence-corrected chi connectivity index (χ4v) is 2.26. The number of benzene rings is 1. The van der Waals surface area contributed by atoms with Gasteiger partial charge in [-0.2, -0.15) is 0 Å². The molecule has 1 amide bonds. The van der Waals surface area contributed by atoms with E-state index in [0.717, 1.165) is 25.3 Å². The van der Waals surface area contributed by atoms with Crippen LogP contribution in [0.3, 0.4) is 0 Å². The van der Waals surface area contributed by atoms with Crippen LogP contribution in [-0.2, 0) is 4.79 Å². The lowest BCUT2D eigenvalue weighted by Gasteiger charge is -2.32. The minimum Gasteiger partial charge on any atom is -0.314 e. The maximum absolute atomic E-state index is 12.4. The monoisotopic (exact) mass is 247 g/mol. The average molecular weight is 247 g/mol. The van der Waals surface area contributed by atoms with E-state index >= 15 is 0 Å². The van der Waals surface area contributed by atoms with Gasteiger partial charge in [0.05, 0.1) is 0 Å². The molecule has 0 aromatic heterocycles. The number of nitrogens with zero attached hydrogens (tertiary/aromatic N) is 2. The average Bonchev–Trinajstić information content (AvgIpc) is 2.37. The third-order valence-corrected chi connectivity index (χ3v) is 3.40. The van der Waals surface area contributed by atoms with Crippen LogP contribution >= 0.6 is 0 Å². The molecule has 1 unspecified atom stereocenters. The van der Waals surface area contributed by atoms with Crippen molar-refractivity contribution in [2.75, 3.05) is 38.6 Å². The molecule has 98 valence electrons. The lowest BCUT2D eigenvalue weighted by molar-refractivity contribution is -0.121. The van der Waals surface area contributed by atoms with Crippen molar-refractivity contribution in [1.82, 2.24) is 10.2 Å². The first-order chi connectivity index (χ1) is 8.58. The van der Waals surface area contributed by atoms with Crippen molar-refractivity contribution >= 4 is 11.6 Å². The lowest BCUT2D eigenvalue weighted by Crippen LogP contribution is -2.56. The van der Waals surface area contributed by atoms with E-state index in [4.69, 9.17) is 0 Å². The third-order valence-electron chi connectivity index (χ3n) is 3.40. The molecule has 2 rings (SSSR count). The zero-order valence-corrected chi connectivity index (χ0v) is 11.3. The number of anilines is 1. The number of nitrogens with one attached hydrogen (secondary N) is 1. The highest BCUT2D eigenvalue weighted by Gasteiger charge is 2.26. The first-order valence-electron chi connectivity index (χ1n) is 6.34. The number of aryl methyl sites for hydroxylation is 1. The Hall–Kier alpha value is -1.39. The van der Waals surface area contributed by atoms with Crippen molar-refractivity contribution in [3.8, 4) is 0 Å². The van der Waals surface area contributed by atoms with Crippen molar-refractivity contribution in [3.63, 3.8) is 0 Å². The summed E-state index contributed by atoms with van der Waals surface area (Å²) >= 11 is 0. The largest absolute Gasteiger partial charge is 0.314 e. The predicted octanol–water partition coefficient (Wildman–Crippen LogP) is 0.861. The second-order valence-corrected chi connectivity index (χ2v) is 5.01. The molecule has 0 saturated carbocycles. The van der Waals surface area contributed by atoms with Crippen LogP contribution in [-0.4, -0.2) is 50.6 Å². The van der Waals surface area contributed by atoms with Gasteiger partial charge in [0.1, 0.15) is 6.04 Å². The zero-order chi connectivity index (χ0) is 13.1. The summed E-state index contributed by atoms with van der Waals surface area (Å²) in [5.74, 6) is 0.132. The van der Waals surface area contributed by atoms with Crippen molar-refractivity contribution in [2.45, 2.75) is 13.0 Å². The van der Waals surface area contributed by atoms with Crippen LogP contribution in [0.25, 0.3) is 0 Å². The second-order valence-electron chi connectivity index (χ2n) is 5.01. The number of rotatable bonds is 2. The summed E-state index contributed by atoms with van der Waals surface area (Å²) < 4.78 is 0. The molecule has 1 aromatic rings. The molecule has 1 N–H and O–H groups in total. The smallest absolute Gasteiger partial charge is 0.245 e. The van der Waals surface area contributed by atoms with E-state index in [-0.39, 0.29) is 11.9 Å². The number of hydrogen-bond donors (Lipinski definition) is 1. The normalized spacial score (nSPS) is 20.7. The standard InChI is InChI=1S/C14H21N3O/c1-11-5-4-6-12(9-11)17(3)14(18)13-10-16(2)8-7-15-13/h4-6,9,13,15H,7-8,10H2,1-3H3. The molecule has 1 saturated heterocycles. The first kappa shape index (κ1) is 13.1. The van der Waals surface area contributed by atoms with Gasteiger partial charge in [-0.05, 0) is 31.7 Å². The van der Waals surface area contributed by atoms with E-state index in [1.807, 2.05) is 45.3 Å². The molecule has 4 heteroatoms. The van der Waals surface area contributed by atoms with Crippen LogP contribution in [0.15, 0.2) is 24.3 Å². The summed E-state index contributed by atoms with van der Waals surface area (Å²) in [4.78, 5) is 16.3. The molecule has 0 bridgehead atoms. The molecule has 1 atom stereocenters. The van der Waals surface area contributed by atoms with Gasteiger partial charge < -0.3 is 15.1 Å². The molecule has 1 aromatic carbocycles. The first-order valence-corrected chi connectivity index (χ1v) is 6.34. The molecule has 1 aliphatic rings. The fourth-order valence-electron chi connectivity index (χ4n) is 2.26. The third kappa shape index (κ3) is 2.89. The van der Waals surface area contributed by atoms with Gasteiger partial charge in [-0.15, -0.1) is 0 Å². The van der Waals surface area contributed by atoms with Gasteiger partial charge >= 0.3 is 0 Å². The van der Waals surface area contributed by atoms with Gasteiger partial charge in [0.2, 0.25) is 5.91 Å². The molecular formula is C14H21N3O. The maximum atomic E-state index is 12.4. The Morgan fingerprint density at radius 1 is 1.50 bits per heavy atom. The Morgan fingerprint density at radius 3 is 2.94 bits per heavy atom. The molecule has 4 nitrogen and oxygen atoms in total. The van der Waals surface area contributed by atoms with Gasteiger partial charge in [-0.25, -0.2) is 0 Å². The van der Waals surface area contributed by atoms with Crippen molar-refractivity contribution in [3.05, 3.63) is 29.8 Å². The molecule has 1 heterocycles. The number of hydrogen-bond acceptors (Lipinski definition) is 3. The van der Waals surface area contributed by atoms with Crippen LogP contribution in [0.4, 0.5) is 5.69 Å². The molecular weight excluding hydrogens is 226 g/mol. The Bertz CT molecular complexity index is 433. The van der Waals surface area contributed by atoms with E-state index in [1.54, 1.807) is 4.90 Å². The minimum atomic E-state index is -0.103. The number of piperazine rings is 1. The Labute approximate surface area is 109 Å². The Balaban J connectivity index is 2.08. The highest BCUT2D eigenvalue weighted by molar-refractivity contribution is 5.97. The summed E-state index contributed by atoms with van der Waals surface area (Å²) in [6.07, 6.45) is 0. The van der Waals surface area contributed by atoms with Gasteiger partial charge in [0.15, 0.2) is 0 Å². The molecule has 0 spiro atoms. The van der Waals surface area contributed by atoms with E-state index in [0.29, 0.717) is 0 Å². The van der Waals surface area contributed by atoms with Crippen LogP contribution < -0.4 is 10.2 Å².